The maximum Gasteiger partial charge on any atom is 0.179 e. The highest BCUT2D eigenvalue weighted by Gasteiger charge is 2.17. The van der Waals surface area contributed by atoms with Crippen molar-refractivity contribution < 1.29 is 4.79 Å². The van der Waals surface area contributed by atoms with Crippen LogP contribution >= 0.6 is 0 Å². The van der Waals surface area contributed by atoms with E-state index in [1.165, 1.54) is 24.0 Å². The van der Waals surface area contributed by atoms with E-state index in [4.69, 9.17) is 0 Å². The Morgan fingerprint density at radius 1 is 1.14 bits per heavy atom. The van der Waals surface area contributed by atoms with Crippen molar-refractivity contribution in [3.05, 3.63) is 65.0 Å². The normalized spacial score (nSPS) is 15.1. The van der Waals surface area contributed by atoms with Gasteiger partial charge < -0.3 is 5.32 Å². The van der Waals surface area contributed by atoms with Crippen LogP contribution in [0.1, 0.15) is 46.8 Å². The van der Waals surface area contributed by atoms with Crippen LogP contribution in [0.15, 0.2) is 42.7 Å². The maximum atomic E-state index is 12.6. The second kappa shape index (κ2) is 6.84. The summed E-state index contributed by atoms with van der Waals surface area (Å²) in [5.41, 5.74) is 4.74. The minimum absolute atomic E-state index is 0.169. The van der Waals surface area contributed by atoms with Gasteiger partial charge in [-0.05, 0) is 67.5 Å². The molecule has 1 aromatic carbocycles. The number of aromatic nitrogens is 1. The number of hydrogen-bond donors (Lipinski definition) is 1. The van der Waals surface area contributed by atoms with Crippen LogP contribution in [0.4, 0.5) is 0 Å². The summed E-state index contributed by atoms with van der Waals surface area (Å²) >= 11 is 0. The summed E-state index contributed by atoms with van der Waals surface area (Å²) in [6.45, 7) is 2.61. The predicted octanol–water partition coefficient (Wildman–Crippen LogP) is 3.32. The first-order chi connectivity index (χ1) is 10.7. The van der Waals surface area contributed by atoms with Gasteiger partial charge in [-0.1, -0.05) is 12.1 Å². The molecule has 1 aliphatic rings. The SMILES string of the molecule is CC(NCc1ccncc1)C(=O)c1ccc2c(c1)CCCC2. The average Bonchev–Trinajstić information content (AvgIpc) is 2.59. The quantitative estimate of drug-likeness (QED) is 0.860. The fourth-order valence-corrected chi connectivity index (χ4v) is 3.00. The molecule has 3 heteroatoms. The highest BCUT2D eigenvalue weighted by Crippen LogP contribution is 2.22. The fraction of sp³-hybridized carbons (Fsp3) is 0.368. The zero-order valence-corrected chi connectivity index (χ0v) is 13.0. The molecule has 22 heavy (non-hydrogen) atoms. The van der Waals surface area contributed by atoms with Gasteiger partial charge in [0, 0.05) is 24.5 Å². The Kier molecular flexibility index (Phi) is 4.64. The topological polar surface area (TPSA) is 42.0 Å². The number of rotatable bonds is 5. The Labute approximate surface area is 131 Å². The van der Waals surface area contributed by atoms with Crippen LogP contribution in [0.5, 0.6) is 0 Å². The molecule has 0 spiro atoms. The van der Waals surface area contributed by atoms with Gasteiger partial charge in [-0.3, -0.25) is 9.78 Å². The molecule has 0 aliphatic heterocycles. The maximum absolute atomic E-state index is 12.6. The van der Waals surface area contributed by atoms with Crippen molar-refractivity contribution in [3.8, 4) is 0 Å². The molecule has 0 amide bonds. The Morgan fingerprint density at radius 2 is 1.86 bits per heavy atom. The van der Waals surface area contributed by atoms with E-state index in [9.17, 15) is 4.79 Å². The molecule has 0 fully saturated rings. The summed E-state index contributed by atoms with van der Waals surface area (Å²) in [7, 11) is 0. The number of fused-ring (bicyclic) bond motifs is 1. The smallest absolute Gasteiger partial charge is 0.179 e. The van der Waals surface area contributed by atoms with E-state index in [1.54, 1.807) is 12.4 Å². The van der Waals surface area contributed by atoms with Crippen LogP contribution < -0.4 is 5.32 Å². The molecule has 0 saturated heterocycles. The van der Waals surface area contributed by atoms with Crippen molar-refractivity contribution in [2.75, 3.05) is 0 Å². The third kappa shape index (κ3) is 3.42. The lowest BCUT2D eigenvalue weighted by molar-refractivity contribution is 0.0950. The summed E-state index contributed by atoms with van der Waals surface area (Å²) in [4.78, 5) is 16.6. The van der Waals surface area contributed by atoms with Crippen LogP contribution in [-0.2, 0) is 19.4 Å². The second-order valence-corrected chi connectivity index (χ2v) is 6.01. The zero-order chi connectivity index (χ0) is 15.4. The number of benzene rings is 1. The first kappa shape index (κ1) is 14.9. The average molecular weight is 294 g/mol. The summed E-state index contributed by atoms with van der Waals surface area (Å²) < 4.78 is 0. The molecule has 1 atom stereocenters. The lowest BCUT2D eigenvalue weighted by Crippen LogP contribution is -2.33. The largest absolute Gasteiger partial charge is 0.303 e. The molecule has 1 unspecified atom stereocenters. The number of Topliss-reactive ketones (excluding diaryl/α,β-unsaturated/α-hetero) is 1. The van der Waals surface area contributed by atoms with Crippen LogP contribution in [-0.4, -0.2) is 16.8 Å². The van der Waals surface area contributed by atoms with Gasteiger partial charge in [0.2, 0.25) is 0 Å². The van der Waals surface area contributed by atoms with Crippen LogP contribution in [0.2, 0.25) is 0 Å². The van der Waals surface area contributed by atoms with Crippen molar-refractivity contribution in [3.63, 3.8) is 0 Å². The van der Waals surface area contributed by atoms with Crippen molar-refractivity contribution in [2.24, 2.45) is 0 Å². The number of pyridine rings is 1. The van der Waals surface area contributed by atoms with Gasteiger partial charge in [0.05, 0.1) is 6.04 Å². The van der Waals surface area contributed by atoms with Crippen molar-refractivity contribution >= 4 is 5.78 Å². The molecular weight excluding hydrogens is 272 g/mol. The minimum atomic E-state index is -0.185. The monoisotopic (exact) mass is 294 g/mol. The number of hydrogen-bond acceptors (Lipinski definition) is 3. The van der Waals surface area contributed by atoms with Gasteiger partial charge in [-0.2, -0.15) is 0 Å². The van der Waals surface area contributed by atoms with Gasteiger partial charge >= 0.3 is 0 Å². The lowest BCUT2D eigenvalue weighted by Gasteiger charge is -2.18. The van der Waals surface area contributed by atoms with Crippen LogP contribution in [0, 0.1) is 0 Å². The number of aryl methyl sites for hydroxylation is 2. The fourth-order valence-electron chi connectivity index (χ4n) is 3.00. The van der Waals surface area contributed by atoms with Gasteiger partial charge in [0.1, 0.15) is 0 Å². The van der Waals surface area contributed by atoms with E-state index >= 15 is 0 Å². The molecule has 1 aromatic heterocycles. The van der Waals surface area contributed by atoms with Crippen molar-refractivity contribution in [1.29, 1.82) is 0 Å². The first-order valence-corrected chi connectivity index (χ1v) is 8.02. The zero-order valence-electron chi connectivity index (χ0n) is 13.0. The molecular formula is C19H22N2O. The molecule has 0 radical (unpaired) electrons. The minimum Gasteiger partial charge on any atom is -0.303 e. The van der Waals surface area contributed by atoms with E-state index in [0.717, 1.165) is 24.0 Å². The van der Waals surface area contributed by atoms with Crippen molar-refractivity contribution in [2.45, 2.75) is 45.2 Å². The summed E-state index contributed by atoms with van der Waals surface area (Å²) in [6, 6.07) is 9.96. The van der Waals surface area contributed by atoms with Crippen molar-refractivity contribution in [1.82, 2.24) is 10.3 Å². The second-order valence-electron chi connectivity index (χ2n) is 6.01. The van der Waals surface area contributed by atoms with Gasteiger partial charge in [-0.15, -0.1) is 0 Å². The number of nitrogens with one attached hydrogen (secondary N) is 1. The number of ketones is 1. The van der Waals surface area contributed by atoms with E-state index in [2.05, 4.69) is 22.4 Å². The highest BCUT2D eigenvalue weighted by atomic mass is 16.1. The Balaban J connectivity index is 1.65. The lowest BCUT2D eigenvalue weighted by atomic mass is 9.89. The molecule has 1 heterocycles. The van der Waals surface area contributed by atoms with E-state index in [-0.39, 0.29) is 11.8 Å². The number of nitrogens with zero attached hydrogens (tertiary/aromatic N) is 1. The van der Waals surface area contributed by atoms with Gasteiger partial charge in [-0.25, -0.2) is 0 Å². The Morgan fingerprint density at radius 3 is 2.64 bits per heavy atom. The van der Waals surface area contributed by atoms with Crippen LogP contribution in [0.25, 0.3) is 0 Å². The summed E-state index contributed by atoms with van der Waals surface area (Å²) in [6.07, 6.45) is 8.31. The van der Waals surface area contributed by atoms with E-state index < -0.39 is 0 Å². The van der Waals surface area contributed by atoms with E-state index in [1.807, 2.05) is 25.1 Å². The molecule has 3 rings (SSSR count). The molecule has 3 nitrogen and oxygen atoms in total. The van der Waals surface area contributed by atoms with E-state index in [0.29, 0.717) is 6.54 Å². The number of carbonyl (C=O) groups is 1. The highest BCUT2D eigenvalue weighted by molar-refractivity contribution is 6.00. The predicted molar refractivity (Wildman–Crippen MR) is 88.0 cm³/mol. The first-order valence-electron chi connectivity index (χ1n) is 8.02. The molecule has 0 bridgehead atoms. The van der Waals surface area contributed by atoms with Crippen LogP contribution in [0.3, 0.4) is 0 Å². The third-order valence-corrected chi connectivity index (χ3v) is 4.39. The Bertz CT molecular complexity index is 652. The molecule has 114 valence electrons. The van der Waals surface area contributed by atoms with Gasteiger partial charge in [0.25, 0.3) is 0 Å². The Hall–Kier alpha value is -2.00. The molecule has 2 aromatic rings. The molecule has 1 N–H and O–H groups in total. The third-order valence-electron chi connectivity index (χ3n) is 4.39. The standard InChI is InChI=1S/C19H22N2O/c1-14(21-13-15-8-10-20-11-9-15)19(22)18-7-6-16-4-2-3-5-17(16)12-18/h6-12,14,21H,2-5,13H2,1H3. The molecule has 0 saturated carbocycles. The summed E-state index contributed by atoms with van der Waals surface area (Å²) in [5, 5.41) is 3.30. The summed E-state index contributed by atoms with van der Waals surface area (Å²) in [5.74, 6) is 0.169. The number of carbonyl (C=O) groups excluding carboxylic acids is 1. The van der Waals surface area contributed by atoms with Gasteiger partial charge in [0.15, 0.2) is 5.78 Å². The molecule has 1 aliphatic carbocycles.